The number of aliphatic carboxylic acids is 2. The van der Waals surface area contributed by atoms with Crippen LogP contribution in [-0.4, -0.2) is 75.4 Å². The Morgan fingerprint density at radius 2 is 1.58 bits per heavy atom. The maximum absolute atomic E-state index is 13.0. The molecule has 2 rings (SSSR count). The third kappa shape index (κ3) is 8.39. The molecule has 194 valence electrons. The highest BCUT2D eigenvalue weighted by Gasteiger charge is 2.29. The average Bonchev–Trinajstić information content (AvgIpc) is 3.21. The molecule has 1 aromatic heterocycles. The summed E-state index contributed by atoms with van der Waals surface area (Å²) in [6.07, 6.45) is 0.368. The van der Waals surface area contributed by atoms with Crippen LogP contribution in [0.4, 0.5) is 0 Å². The quantitative estimate of drug-likeness (QED) is 0.141. The van der Waals surface area contributed by atoms with E-state index in [1.165, 1.54) is 0 Å². The van der Waals surface area contributed by atoms with Crippen LogP contribution in [0.25, 0.3) is 10.9 Å². The Morgan fingerprint density at radius 3 is 2.22 bits per heavy atom. The molecule has 0 saturated heterocycles. The van der Waals surface area contributed by atoms with Crippen molar-refractivity contribution in [2.75, 3.05) is 6.54 Å². The lowest BCUT2D eigenvalue weighted by Gasteiger charge is -2.23. The number of para-hydroxylation sites is 1. The summed E-state index contributed by atoms with van der Waals surface area (Å²) in [5.74, 6) is -6.00. The Labute approximate surface area is 204 Å². The number of fused-ring (bicyclic) bond motifs is 1. The summed E-state index contributed by atoms with van der Waals surface area (Å²) in [6.45, 7) is -0.690. The maximum Gasteiger partial charge on any atom is 0.322 e. The molecule has 0 aliphatic heterocycles. The fraction of sp³-hybridized carbons (Fsp3) is 0.364. The smallest absolute Gasteiger partial charge is 0.322 e. The molecule has 0 radical (unpaired) electrons. The van der Waals surface area contributed by atoms with Gasteiger partial charge in [-0.15, -0.1) is 0 Å². The summed E-state index contributed by atoms with van der Waals surface area (Å²) < 4.78 is 0. The van der Waals surface area contributed by atoms with Gasteiger partial charge >= 0.3 is 11.9 Å². The molecule has 3 atom stereocenters. The minimum Gasteiger partial charge on any atom is -0.481 e. The van der Waals surface area contributed by atoms with Crippen LogP contribution in [0, 0.1) is 0 Å². The van der Waals surface area contributed by atoms with E-state index in [-0.39, 0.29) is 19.3 Å². The van der Waals surface area contributed by atoms with Gasteiger partial charge in [0.25, 0.3) is 0 Å². The van der Waals surface area contributed by atoms with E-state index >= 15 is 0 Å². The topological polar surface area (TPSA) is 247 Å². The van der Waals surface area contributed by atoms with Crippen molar-refractivity contribution in [2.24, 2.45) is 11.5 Å². The predicted molar refractivity (Wildman–Crippen MR) is 125 cm³/mol. The number of hydrogen-bond acceptors (Lipinski definition) is 7. The molecule has 14 nitrogen and oxygen atoms in total. The molecule has 1 aromatic carbocycles. The van der Waals surface area contributed by atoms with Crippen LogP contribution in [-0.2, 0) is 35.2 Å². The van der Waals surface area contributed by atoms with E-state index in [1.54, 1.807) is 18.3 Å². The highest BCUT2D eigenvalue weighted by atomic mass is 16.4. The fourth-order valence-corrected chi connectivity index (χ4v) is 3.40. The molecule has 0 bridgehead atoms. The Morgan fingerprint density at radius 1 is 0.917 bits per heavy atom. The van der Waals surface area contributed by atoms with Gasteiger partial charge in [0.1, 0.15) is 18.6 Å². The van der Waals surface area contributed by atoms with Gasteiger partial charge in [-0.25, -0.2) is 0 Å². The monoisotopic (exact) mass is 504 g/mol. The van der Waals surface area contributed by atoms with E-state index in [2.05, 4.69) is 20.9 Å². The van der Waals surface area contributed by atoms with E-state index in [9.17, 15) is 28.8 Å². The second kappa shape index (κ2) is 12.9. The first kappa shape index (κ1) is 27.8. The van der Waals surface area contributed by atoms with Gasteiger partial charge in [0.05, 0.1) is 12.5 Å². The van der Waals surface area contributed by atoms with Crippen LogP contribution < -0.4 is 27.4 Å². The van der Waals surface area contributed by atoms with Crippen LogP contribution in [0.15, 0.2) is 30.5 Å². The number of hydrogen-bond donors (Lipinski definition) is 8. The fourth-order valence-electron chi connectivity index (χ4n) is 3.40. The molecule has 10 N–H and O–H groups in total. The molecule has 0 spiro atoms. The van der Waals surface area contributed by atoms with Crippen molar-refractivity contribution >= 4 is 46.5 Å². The zero-order valence-electron chi connectivity index (χ0n) is 19.2. The minimum atomic E-state index is -1.47. The van der Waals surface area contributed by atoms with E-state index in [0.717, 1.165) is 10.9 Å². The van der Waals surface area contributed by atoms with Crippen molar-refractivity contribution < 1.29 is 39.0 Å². The lowest BCUT2D eigenvalue weighted by molar-refractivity contribution is -0.139. The zero-order valence-corrected chi connectivity index (χ0v) is 19.2. The average molecular weight is 505 g/mol. The minimum absolute atomic E-state index is 0.0315. The number of nitrogens with one attached hydrogen (secondary N) is 4. The molecular weight excluding hydrogens is 476 g/mol. The first-order chi connectivity index (χ1) is 17.0. The SMILES string of the molecule is NC(=O)CCC(NC(=O)C(N)CC(=O)O)C(=O)NC(Cc1c[nH]c2ccccc12)C(=O)NCC(=O)O. The molecule has 36 heavy (non-hydrogen) atoms. The lowest BCUT2D eigenvalue weighted by atomic mass is 10.0. The molecule has 2 aromatic rings. The summed E-state index contributed by atoms with van der Waals surface area (Å²) >= 11 is 0. The number of carbonyl (C=O) groups excluding carboxylic acids is 4. The molecule has 3 unspecified atom stereocenters. The van der Waals surface area contributed by atoms with Gasteiger partial charge < -0.3 is 42.6 Å². The Balaban J connectivity index is 2.25. The third-order valence-corrected chi connectivity index (χ3v) is 5.19. The van der Waals surface area contributed by atoms with E-state index in [4.69, 9.17) is 21.7 Å². The zero-order chi connectivity index (χ0) is 26.8. The lowest BCUT2D eigenvalue weighted by Crippen LogP contribution is -2.56. The van der Waals surface area contributed by atoms with Crippen molar-refractivity contribution in [1.82, 2.24) is 20.9 Å². The molecular formula is C22H28N6O8. The molecule has 0 saturated carbocycles. The number of carbonyl (C=O) groups is 6. The summed E-state index contributed by atoms with van der Waals surface area (Å²) in [5, 5.41) is 25.5. The van der Waals surface area contributed by atoms with Crippen molar-refractivity contribution in [2.45, 2.75) is 43.8 Å². The number of nitrogens with two attached hydrogens (primary N) is 2. The van der Waals surface area contributed by atoms with Crippen LogP contribution in [0.5, 0.6) is 0 Å². The largest absolute Gasteiger partial charge is 0.481 e. The van der Waals surface area contributed by atoms with E-state index < -0.39 is 66.7 Å². The van der Waals surface area contributed by atoms with Crippen LogP contribution in [0.1, 0.15) is 24.8 Å². The van der Waals surface area contributed by atoms with Gasteiger partial charge in [-0.1, -0.05) is 18.2 Å². The molecule has 0 aliphatic rings. The summed E-state index contributed by atoms with van der Waals surface area (Å²) in [6, 6.07) is 3.11. The van der Waals surface area contributed by atoms with Crippen molar-refractivity contribution in [3.8, 4) is 0 Å². The van der Waals surface area contributed by atoms with Gasteiger partial charge in [0, 0.05) is 29.9 Å². The van der Waals surface area contributed by atoms with Crippen molar-refractivity contribution in [1.29, 1.82) is 0 Å². The van der Waals surface area contributed by atoms with Crippen LogP contribution in [0.2, 0.25) is 0 Å². The van der Waals surface area contributed by atoms with Crippen LogP contribution in [0.3, 0.4) is 0 Å². The van der Waals surface area contributed by atoms with Gasteiger partial charge in [0.15, 0.2) is 0 Å². The number of carboxylic acid groups (broad SMARTS) is 2. The van der Waals surface area contributed by atoms with Crippen LogP contribution >= 0.6 is 0 Å². The Bertz CT molecular complexity index is 1150. The van der Waals surface area contributed by atoms with Gasteiger partial charge in [0.2, 0.25) is 23.6 Å². The second-order valence-corrected chi connectivity index (χ2v) is 8.01. The summed E-state index contributed by atoms with van der Waals surface area (Å²) in [4.78, 5) is 74.1. The predicted octanol–water partition coefficient (Wildman–Crippen LogP) is -2.05. The highest BCUT2D eigenvalue weighted by molar-refractivity contribution is 5.95. The molecule has 1 heterocycles. The normalized spacial score (nSPS) is 13.2. The second-order valence-electron chi connectivity index (χ2n) is 8.01. The van der Waals surface area contributed by atoms with Crippen molar-refractivity contribution in [3.63, 3.8) is 0 Å². The van der Waals surface area contributed by atoms with Gasteiger partial charge in [-0.3, -0.25) is 28.8 Å². The first-order valence-corrected chi connectivity index (χ1v) is 10.9. The standard InChI is InChI=1S/C22H28N6O8/c23-13(8-18(30)31)20(34)27-15(5-6-17(24)29)22(36)28-16(21(35)26-10-19(32)33)7-11-9-25-14-4-2-1-3-12(11)14/h1-4,9,13,15-16,25H,5-8,10,23H2,(H2,24,29)(H,26,35)(H,27,34)(H,28,36)(H,30,31)(H,32,33). The van der Waals surface area contributed by atoms with Gasteiger partial charge in [-0.2, -0.15) is 0 Å². The number of primary amides is 1. The Hall–Kier alpha value is -4.46. The van der Waals surface area contributed by atoms with Gasteiger partial charge in [-0.05, 0) is 18.1 Å². The molecule has 14 heteroatoms. The number of H-pyrrole nitrogens is 1. The van der Waals surface area contributed by atoms with E-state index in [0.29, 0.717) is 5.56 Å². The number of carboxylic acids is 2. The molecule has 0 aliphatic carbocycles. The molecule has 4 amide bonds. The number of aromatic nitrogens is 1. The third-order valence-electron chi connectivity index (χ3n) is 5.19. The molecule has 0 fully saturated rings. The highest BCUT2D eigenvalue weighted by Crippen LogP contribution is 2.19. The van der Waals surface area contributed by atoms with E-state index in [1.807, 2.05) is 12.1 Å². The number of rotatable bonds is 14. The Kier molecular flexibility index (Phi) is 9.92. The number of aromatic amines is 1. The number of benzene rings is 1. The van der Waals surface area contributed by atoms with Crippen molar-refractivity contribution in [3.05, 3.63) is 36.0 Å². The summed E-state index contributed by atoms with van der Waals surface area (Å²) in [5.41, 5.74) is 12.1. The number of amides is 4. The first-order valence-electron chi connectivity index (χ1n) is 10.9. The summed E-state index contributed by atoms with van der Waals surface area (Å²) in [7, 11) is 0. The maximum atomic E-state index is 13.0.